The first-order valence-electron chi connectivity index (χ1n) is 7.93. The number of aromatic nitrogens is 4. The van der Waals surface area contributed by atoms with Gasteiger partial charge < -0.3 is 4.74 Å². The first-order valence-corrected chi connectivity index (χ1v) is 7.93. The zero-order valence-electron chi connectivity index (χ0n) is 14.7. The van der Waals surface area contributed by atoms with Crippen molar-refractivity contribution in [2.45, 2.75) is 13.5 Å². The third kappa shape index (κ3) is 3.21. The molecular weight excluding hydrogens is 336 g/mol. The Morgan fingerprint density at radius 1 is 1.12 bits per heavy atom. The Balaban J connectivity index is 1.81. The molecule has 3 rings (SSSR count). The molecule has 0 saturated heterocycles. The number of para-hydroxylation sites is 1. The Morgan fingerprint density at radius 2 is 1.81 bits per heavy atom. The van der Waals surface area contributed by atoms with E-state index in [1.807, 2.05) is 30.3 Å². The van der Waals surface area contributed by atoms with Crippen LogP contribution in [0, 0.1) is 6.92 Å². The molecule has 26 heavy (non-hydrogen) atoms. The van der Waals surface area contributed by atoms with Crippen LogP contribution < -0.4 is 11.2 Å². The minimum atomic E-state index is -0.571. The fourth-order valence-electron chi connectivity index (χ4n) is 2.51. The first kappa shape index (κ1) is 17.4. The molecule has 0 atom stereocenters. The molecule has 8 heteroatoms. The van der Waals surface area contributed by atoms with E-state index in [-0.39, 0.29) is 6.61 Å². The van der Waals surface area contributed by atoms with Gasteiger partial charge in [0.25, 0.3) is 5.56 Å². The zero-order valence-corrected chi connectivity index (χ0v) is 14.7. The van der Waals surface area contributed by atoms with Gasteiger partial charge in [-0.1, -0.05) is 18.2 Å². The van der Waals surface area contributed by atoms with Gasteiger partial charge >= 0.3 is 11.7 Å². The number of benzene rings is 1. The summed E-state index contributed by atoms with van der Waals surface area (Å²) in [4.78, 5) is 36.0. The fourth-order valence-corrected chi connectivity index (χ4v) is 2.51. The lowest BCUT2D eigenvalue weighted by Crippen LogP contribution is -2.38. The second kappa shape index (κ2) is 6.83. The van der Waals surface area contributed by atoms with E-state index in [0.29, 0.717) is 17.0 Å². The summed E-state index contributed by atoms with van der Waals surface area (Å²) in [6.45, 7) is 1.53. The predicted octanol–water partition coefficient (Wildman–Crippen LogP) is 0.935. The monoisotopic (exact) mass is 354 g/mol. The average molecular weight is 354 g/mol. The zero-order chi connectivity index (χ0) is 18.8. The lowest BCUT2D eigenvalue weighted by molar-refractivity contribution is 0.0462. The van der Waals surface area contributed by atoms with E-state index < -0.39 is 17.2 Å². The van der Waals surface area contributed by atoms with Crippen LogP contribution in [0.1, 0.15) is 21.7 Å². The van der Waals surface area contributed by atoms with Crippen LogP contribution in [-0.4, -0.2) is 24.9 Å². The van der Waals surface area contributed by atoms with E-state index in [1.165, 1.54) is 24.7 Å². The molecule has 0 bridgehead atoms. The van der Waals surface area contributed by atoms with Crippen LogP contribution in [0.5, 0.6) is 0 Å². The summed E-state index contributed by atoms with van der Waals surface area (Å²) in [6, 6.07) is 10.7. The smallest absolute Gasteiger partial charge is 0.342 e. The van der Waals surface area contributed by atoms with E-state index in [4.69, 9.17) is 4.74 Å². The number of carbonyl (C=O) groups is 1. The maximum atomic E-state index is 12.4. The van der Waals surface area contributed by atoms with Gasteiger partial charge in [0.2, 0.25) is 0 Å². The number of hydrogen-bond donors (Lipinski definition) is 0. The van der Waals surface area contributed by atoms with Crippen LogP contribution in [0.4, 0.5) is 0 Å². The Hall–Kier alpha value is -3.42. The summed E-state index contributed by atoms with van der Waals surface area (Å²) >= 11 is 0. The molecule has 0 aliphatic heterocycles. The lowest BCUT2D eigenvalue weighted by Gasteiger charge is -2.09. The molecule has 8 nitrogen and oxygen atoms in total. The standard InChI is InChI=1S/C18H18N4O4/c1-12-15(10-22(19-12)13-7-5-4-6-8-13)17(24)26-11-14-9-16(23)21(3)18(25)20(14)2/h4-10H,11H2,1-3H3. The summed E-state index contributed by atoms with van der Waals surface area (Å²) in [5, 5.41) is 4.32. The number of esters is 1. The van der Waals surface area contributed by atoms with Crippen LogP contribution in [-0.2, 0) is 25.4 Å². The van der Waals surface area contributed by atoms with Crippen molar-refractivity contribution >= 4 is 5.97 Å². The Labute approximate surface area is 148 Å². The summed E-state index contributed by atoms with van der Waals surface area (Å²) in [7, 11) is 2.91. The van der Waals surface area contributed by atoms with Crippen molar-refractivity contribution in [1.82, 2.24) is 18.9 Å². The van der Waals surface area contributed by atoms with Gasteiger partial charge in [0, 0.05) is 26.4 Å². The van der Waals surface area contributed by atoms with E-state index in [1.54, 1.807) is 17.8 Å². The van der Waals surface area contributed by atoms with Crippen molar-refractivity contribution in [3.05, 3.63) is 80.4 Å². The van der Waals surface area contributed by atoms with Crippen molar-refractivity contribution in [3.8, 4) is 5.69 Å². The molecule has 0 aliphatic carbocycles. The molecule has 3 aromatic rings. The number of ether oxygens (including phenoxy) is 1. The number of carbonyl (C=O) groups excluding carboxylic acids is 1. The SMILES string of the molecule is Cc1nn(-c2ccccc2)cc1C(=O)OCc1cc(=O)n(C)c(=O)n1C. The largest absolute Gasteiger partial charge is 0.456 e. The van der Waals surface area contributed by atoms with Crippen molar-refractivity contribution in [2.75, 3.05) is 0 Å². The molecule has 0 aliphatic rings. The van der Waals surface area contributed by atoms with Crippen molar-refractivity contribution in [1.29, 1.82) is 0 Å². The summed E-state index contributed by atoms with van der Waals surface area (Å²) < 4.78 is 9.13. The quantitative estimate of drug-likeness (QED) is 0.651. The van der Waals surface area contributed by atoms with Crippen molar-refractivity contribution in [3.63, 3.8) is 0 Å². The normalized spacial score (nSPS) is 10.7. The molecule has 0 saturated carbocycles. The topological polar surface area (TPSA) is 88.1 Å². The molecule has 0 N–H and O–H groups in total. The van der Waals surface area contributed by atoms with E-state index in [9.17, 15) is 14.4 Å². The highest BCUT2D eigenvalue weighted by Crippen LogP contribution is 2.13. The molecule has 0 unspecified atom stereocenters. The first-order chi connectivity index (χ1) is 12.4. The fraction of sp³-hybridized carbons (Fsp3) is 0.222. The lowest BCUT2D eigenvalue weighted by atomic mass is 10.2. The Kier molecular flexibility index (Phi) is 4.57. The van der Waals surface area contributed by atoms with Crippen LogP contribution in [0.3, 0.4) is 0 Å². The van der Waals surface area contributed by atoms with Gasteiger partial charge in [0.1, 0.15) is 12.2 Å². The Bertz CT molecular complexity index is 1080. The average Bonchev–Trinajstić information content (AvgIpc) is 3.04. The molecule has 0 fully saturated rings. The number of hydrogen-bond acceptors (Lipinski definition) is 5. The number of nitrogens with zero attached hydrogens (tertiary/aromatic N) is 4. The van der Waals surface area contributed by atoms with Gasteiger partial charge in [-0.25, -0.2) is 14.3 Å². The molecule has 2 heterocycles. The summed E-state index contributed by atoms with van der Waals surface area (Å²) in [5.74, 6) is -0.571. The van der Waals surface area contributed by atoms with Crippen molar-refractivity contribution in [2.24, 2.45) is 14.1 Å². The summed E-state index contributed by atoms with van der Waals surface area (Å²) in [6.07, 6.45) is 1.59. The minimum absolute atomic E-state index is 0.184. The van der Waals surface area contributed by atoms with Crippen LogP contribution in [0.15, 0.2) is 52.2 Å². The molecule has 0 spiro atoms. The second-order valence-electron chi connectivity index (χ2n) is 5.86. The highest BCUT2D eigenvalue weighted by molar-refractivity contribution is 5.90. The van der Waals surface area contributed by atoms with E-state index >= 15 is 0 Å². The maximum absolute atomic E-state index is 12.4. The third-order valence-electron chi connectivity index (χ3n) is 4.12. The van der Waals surface area contributed by atoms with Crippen LogP contribution in [0.2, 0.25) is 0 Å². The van der Waals surface area contributed by atoms with E-state index in [2.05, 4.69) is 5.10 Å². The number of aryl methyl sites for hydroxylation is 1. The van der Waals surface area contributed by atoms with Crippen LogP contribution >= 0.6 is 0 Å². The molecule has 0 amide bonds. The maximum Gasteiger partial charge on any atom is 0.342 e. The minimum Gasteiger partial charge on any atom is -0.456 e. The molecule has 2 aromatic heterocycles. The molecule has 0 radical (unpaired) electrons. The molecular formula is C18H18N4O4. The van der Waals surface area contributed by atoms with Crippen LogP contribution in [0.25, 0.3) is 5.69 Å². The number of rotatable bonds is 4. The van der Waals surface area contributed by atoms with Gasteiger partial charge in [-0.05, 0) is 19.1 Å². The van der Waals surface area contributed by atoms with Gasteiger partial charge in [-0.2, -0.15) is 5.10 Å². The highest BCUT2D eigenvalue weighted by atomic mass is 16.5. The Morgan fingerprint density at radius 3 is 2.50 bits per heavy atom. The third-order valence-corrected chi connectivity index (χ3v) is 4.12. The van der Waals surface area contributed by atoms with E-state index in [0.717, 1.165) is 10.3 Å². The van der Waals surface area contributed by atoms with Crippen molar-refractivity contribution < 1.29 is 9.53 Å². The van der Waals surface area contributed by atoms with Gasteiger partial charge in [0.05, 0.1) is 17.1 Å². The summed E-state index contributed by atoms with van der Waals surface area (Å²) in [5.41, 5.74) is 1.06. The molecule has 1 aromatic carbocycles. The van der Waals surface area contributed by atoms with Gasteiger partial charge in [-0.3, -0.25) is 13.9 Å². The van der Waals surface area contributed by atoms with Gasteiger partial charge in [-0.15, -0.1) is 0 Å². The van der Waals surface area contributed by atoms with Gasteiger partial charge in [0.15, 0.2) is 0 Å². The molecule has 134 valence electrons. The predicted molar refractivity (Wildman–Crippen MR) is 94.3 cm³/mol. The highest BCUT2D eigenvalue weighted by Gasteiger charge is 2.17. The second-order valence-corrected chi connectivity index (χ2v) is 5.86.